The maximum absolute atomic E-state index is 5.53. The molecule has 3 nitrogen and oxygen atoms in total. The van der Waals surface area contributed by atoms with E-state index >= 15 is 0 Å². The van der Waals surface area contributed by atoms with E-state index in [4.69, 9.17) is 4.42 Å². The van der Waals surface area contributed by atoms with Crippen LogP contribution in [0, 0.1) is 13.8 Å². The van der Waals surface area contributed by atoms with E-state index < -0.39 is 0 Å². The molecule has 0 bridgehead atoms. The van der Waals surface area contributed by atoms with Crippen LogP contribution in [0.15, 0.2) is 29.0 Å². The van der Waals surface area contributed by atoms with Gasteiger partial charge in [0.2, 0.25) is 0 Å². The Morgan fingerprint density at radius 1 is 1.29 bits per heavy atom. The van der Waals surface area contributed by atoms with Crippen LogP contribution in [0.3, 0.4) is 0 Å². The molecule has 1 N–H and O–H groups in total. The number of benzene rings is 1. The van der Waals surface area contributed by atoms with E-state index in [0.717, 1.165) is 30.1 Å². The average molecular weight is 230 g/mol. The molecule has 1 aromatic carbocycles. The van der Waals surface area contributed by atoms with Gasteiger partial charge in [0.25, 0.3) is 0 Å². The van der Waals surface area contributed by atoms with Crippen LogP contribution in [0.2, 0.25) is 0 Å². The zero-order valence-electron chi connectivity index (χ0n) is 10.6. The van der Waals surface area contributed by atoms with Gasteiger partial charge < -0.3 is 9.73 Å². The van der Waals surface area contributed by atoms with Crippen LogP contribution in [0.1, 0.15) is 23.7 Å². The Balaban J connectivity index is 2.38. The molecule has 0 aliphatic heterocycles. The maximum atomic E-state index is 5.53. The number of aryl methyl sites for hydroxylation is 2. The summed E-state index contributed by atoms with van der Waals surface area (Å²) in [5, 5.41) is 3.27. The molecule has 0 fully saturated rings. The van der Waals surface area contributed by atoms with Gasteiger partial charge in [0, 0.05) is 12.1 Å². The highest BCUT2D eigenvalue weighted by atomic mass is 16.3. The standard InChI is InChI=1S/C14H18N2O/c1-4-15-8-13-14(17-9-16-13)12-7-10(2)5-6-11(12)3/h5-7,9,15H,4,8H2,1-3H3. The van der Waals surface area contributed by atoms with Crippen molar-refractivity contribution in [3.05, 3.63) is 41.4 Å². The molecule has 0 atom stereocenters. The highest BCUT2D eigenvalue weighted by molar-refractivity contribution is 5.64. The number of rotatable bonds is 4. The first-order valence-corrected chi connectivity index (χ1v) is 5.93. The minimum absolute atomic E-state index is 0.746. The van der Waals surface area contributed by atoms with Gasteiger partial charge in [0.05, 0.1) is 0 Å². The summed E-state index contributed by atoms with van der Waals surface area (Å²) in [5.41, 5.74) is 4.55. The van der Waals surface area contributed by atoms with Gasteiger partial charge >= 0.3 is 0 Å². The van der Waals surface area contributed by atoms with Gasteiger partial charge in [0.1, 0.15) is 5.69 Å². The Kier molecular flexibility index (Phi) is 3.59. The van der Waals surface area contributed by atoms with Crippen LogP contribution in [0.5, 0.6) is 0 Å². The monoisotopic (exact) mass is 230 g/mol. The Morgan fingerprint density at radius 3 is 2.88 bits per heavy atom. The van der Waals surface area contributed by atoms with Gasteiger partial charge in [-0.1, -0.05) is 24.6 Å². The van der Waals surface area contributed by atoms with E-state index in [1.165, 1.54) is 17.5 Å². The van der Waals surface area contributed by atoms with Crippen LogP contribution in [-0.2, 0) is 6.54 Å². The Morgan fingerprint density at radius 2 is 2.12 bits per heavy atom. The second-order valence-electron chi connectivity index (χ2n) is 4.23. The Bertz CT molecular complexity index is 503. The molecule has 0 unspecified atom stereocenters. The molecule has 1 aromatic heterocycles. The normalized spacial score (nSPS) is 10.8. The zero-order valence-corrected chi connectivity index (χ0v) is 10.6. The molecular formula is C14H18N2O. The van der Waals surface area contributed by atoms with E-state index in [9.17, 15) is 0 Å². The molecule has 0 aliphatic carbocycles. The topological polar surface area (TPSA) is 38.1 Å². The van der Waals surface area contributed by atoms with Crippen molar-refractivity contribution in [2.45, 2.75) is 27.3 Å². The third kappa shape index (κ3) is 2.56. The summed E-state index contributed by atoms with van der Waals surface area (Å²) < 4.78 is 5.53. The second-order valence-corrected chi connectivity index (χ2v) is 4.23. The van der Waals surface area contributed by atoms with Crippen molar-refractivity contribution in [1.82, 2.24) is 10.3 Å². The number of hydrogen-bond donors (Lipinski definition) is 1. The van der Waals surface area contributed by atoms with Crippen molar-refractivity contribution in [2.75, 3.05) is 6.54 Å². The Hall–Kier alpha value is -1.61. The third-order valence-corrected chi connectivity index (χ3v) is 2.82. The Labute approximate surface area is 102 Å². The largest absolute Gasteiger partial charge is 0.443 e. The molecule has 2 aromatic rings. The molecule has 1 heterocycles. The minimum atomic E-state index is 0.746. The summed E-state index contributed by atoms with van der Waals surface area (Å²) >= 11 is 0. The molecule has 2 rings (SSSR count). The van der Waals surface area contributed by atoms with Gasteiger partial charge in [-0.25, -0.2) is 4.98 Å². The molecule has 0 spiro atoms. The lowest BCUT2D eigenvalue weighted by molar-refractivity contribution is 0.569. The lowest BCUT2D eigenvalue weighted by Gasteiger charge is -2.06. The summed E-state index contributed by atoms with van der Waals surface area (Å²) in [4.78, 5) is 4.27. The van der Waals surface area contributed by atoms with Crippen LogP contribution in [0.25, 0.3) is 11.3 Å². The van der Waals surface area contributed by atoms with Crippen molar-refractivity contribution in [3.63, 3.8) is 0 Å². The zero-order chi connectivity index (χ0) is 12.3. The molecular weight excluding hydrogens is 212 g/mol. The van der Waals surface area contributed by atoms with Crippen molar-refractivity contribution < 1.29 is 4.42 Å². The number of nitrogens with one attached hydrogen (secondary N) is 1. The number of oxazole rings is 1. The quantitative estimate of drug-likeness (QED) is 0.877. The van der Waals surface area contributed by atoms with Crippen molar-refractivity contribution in [1.29, 1.82) is 0 Å². The van der Waals surface area contributed by atoms with Gasteiger partial charge in [-0.3, -0.25) is 0 Å². The van der Waals surface area contributed by atoms with Crippen molar-refractivity contribution in [2.24, 2.45) is 0 Å². The van der Waals surface area contributed by atoms with Gasteiger partial charge in [-0.15, -0.1) is 0 Å². The SMILES string of the molecule is CCNCc1ncoc1-c1cc(C)ccc1C. The van der Waals surface area contributed by atoms with Gasteiger partial charge in [-0.05, 0) is 32.0 Å². The molecule has 0 saturated carbocycles. The van der Waals surface area contributed by atoms with Crippen LogP contribution in [-0.4, -0.2) is 11.5 Å². The van der Waals surface area contributed by atoms with Crippen molar-refractivity contribution >= 4 is 0 Å². The lowest BCUT2D eigenvalue weighted by Crippen LogP contribution is -2.12. The summed E-state index contributed by atoms with van der Waals surface area (Å²) in [6, 6.07) is 6.37. The summed E-state index contributed by atoms with van der Waals surface area (Å²) in [6.07, 6.45) is 1.52. The van der Waals surface area contributed by atoms with Gasteiger partial charge in [0.15, 0.2) is 12.2 Å². The van der Waals surface area contributed by atoms with Crippen LogP contribution < -0.4 is 5.32 Å². The molecule has 17 heavy (non-hydrogen) atoms. The predicted molar refractivity (Wildman–Crippen MR) is 68.8 cm³/mol. The predicted octanol–water partition coefficient (Wildman–Crippen LogP) is 3.07. The van der Waals surface area contributed by atoms with E-state index in [0.29, 0.717) is 0 Å². The maximum Gasteiger partial charge on any atom is 0.181 e. The number of aromatic nitrogens is 1. The van der Waals surface area contributed by atoms with E-state index in [1.807, 2.05) is 0 Å². The highest BCUT2D eigenvalue weighted by Crippen LogP contribution is 2.27. The number of nitrogens with zero attached hydrogens (tertiary/aromatic N) is 1. The summed E-state index contributed by atoms with van der Waals surface area (Å²) in [7, 11) is 0. The molecule has 90 valence electrons. The molecule has 0 amide bonds. The summed E-state index contributed by atoms with van der Waals surface area (Å²) in [5.74, 6) is 0.882. The fraction of sp³-hybridized carbons (Fsp3) is 0.357. The fourth-order valence-electron chi connectivity index (χ4n) is 1.84. The van der Waals surface area contributed by atoms with Crippen molar-refractivity contribution in [3.8, 4) is 11.3 Å². The van der Waals surface area contributed by atoms with E-state index in [2.05, 4.69) is 49.3 Å². The first-order valence-electron chi connectivity index (χ1n) is 5.93. The number of hydrogen-bond acceptors (Lipinski definition) is 3. The first-order chi connectivity index (χ1) is 8.22. The third-order valence-electron chi connectivity index (χ3n) is 2.82. The summed E-state index contributed by atoms with van der Waals surface area (Å²) in [6.45, 7) is 7.93. The molecule has 3 heteroatoms. The minimum Gasteiger partial charge on any atom is -0.443 e. The van der Waals surface area contributed by atoms with Crippen LogP contribution >= 0.6 is 0 Å². The van der Waals surface area contributed by atoms with Crippen LogP contribution in [0.4, 0.5) is 0 Å². The lowest BCUT2D eigenvalue weighted by atomic mass is 10.0. The molecule has 0 aliphatic rings. The highest BCUT2D eigenvalue weighted by Gasteiger charge is 2.12. The van der Waals surface area contributed by atoms with E-state index in [1.54, 1.807) is 0 Å². The first kappa shape index (κ1) is 11.9. The molecule has 0 radical (unpaired) electrons. The van der Waals surface area contributed by atoms with Gasteiger partial charge in [-0.2, -0.15) is 0 Å². The fourth-order valence-corrected chi connectivity index (χ4v) is 1.84. The van der Waals surface area contributed by atoms with E-state index in [-0.39, 0.29) is 0 Å². The smallest absolute Gasteiger partial charge is 0.181 e. The average Bonchev–Trinajstić information content (AvgIpc) is 2.77. The second kappa shape index (κ2) is 5.15. The molecule has 0 saturated heterocycles.